The van der Waals surface area contributed by atoms with Gasteiger partial charge in [0.1, 0.15) is 11.6 Å². The summed E-state index contributed by atoms with van der Waals surface area (Å²) >= 11 is 0. The number of hydrogen-bond acceptors (Lipinski definition) is 6. The van der Waals surface area contributed by atoms with Gasteiger partial charge in [-0.3, -0.25) is 0 Å². The molecule has 0 aliphatic carbocycles. The van der Waals surface area contributed by atoms with Crippen LogP contribution in [-0.4, -0.2) is 15.0 Å². The maximum Gasteiger partial charge on any atom is 0.220 e. The fraction of sp³-hybridized carbons (Fsp3) is 0. The van der Waals surface area contributed by atoms with Crippen LogP contribution in [0.1, 0.15) is 0 Å². The first-order valence-corrected chi connectivity index (χ1v) is 6.24. The zero-order valence-electron chi connectivity index (χ0n) is 11.7. The van der Waals surface area contributed by atoms with E-state index < -0.39 is 0 Å². The maximum absolute atomic E-state index is 13.4. The number of aromatic nitrogens is 3. The maximum atomic E-state index is 13.4. The predicted molar refractivity (Wildman–Crippen MR) is 84.5 cm³/mol. The van der Waals surface area contributed by atoms with E-state index in [1.54, 1.807) is 36.7 Å². The highest BCUT2D eigenvalue weighted by Crippen LogP contribution is 2.31. The van der Waals surface area contributed by atoms with Crippen molar-refractivity contribution < 1.29 is 4.39 Å². The molecule has 7 N–H and O–H groups in total. The third-order valence-corrected chi connectivity index (χ3v) is 3.00. The lowest BCUT2D eigenvalue weighted by Crippen LogP contribution is -1.99. The van der Waals surface area contributed by atoms with Gasteiger partial charge in [0.15, 0.2) is 0 Å². The van der Waals surface area contributed by atoms with Crippen molar-refractivity contribution in [2.24, 2.45) is 0 Å². The number of hydrogen-bond donors (Lipinski definition) is 3. The van der Waals surface area contributed by atoms with Crippen molar-refractivity contribution in [1.82, 2.24) is 21.1 Å². The van der Waals surface area contributed by atoms with E-state index in [1.165, 1.54) is 12.1 Å². The van der Waals surface area contributed by atoms with E-state index >= 15 is 0 Å². The van der Waals surface area contributed by atoms with Crippen molar-refractivity contribution in [1.29, 1.82) is 0 Å². The molecule has 0 amide bonds. The van der Waals surface area contributed by atoms with E-state index in [1.807, 2.05) is 0 Å². The van der Waals surface area contributed by atoms with Crippen LogP contribution in [0.2, 0.25) is 0 Å². The van der Waals surface area contributed by atoms with Gasteiger partial charge >= 0.3 is 0 Å². The Bertz CT molecular complexity index is 806. The molecular formula is C15H15FN6. The molecule has 0 bridgehead atoms. The SMILES string of the molecule is N.Nc1cc(-c2cnc(N)nc2-c2cccc(F)c2)ccn1. The second-order valence-corrected chi connectivity index (χ2v) is 4.47. The minimum absolute atomic E-state index is 0. The molecule has 0 saturated carbocycles. The Hall–Kier alpha value is -3.06. The van der Waals surface area contributed by atoms with E-state index in [0.29, 0.717) is 22.6 Å². The fourth-order valence-corrected chi connectivity index (χ4v) is 2.08. The normalized spacial score (nSPS) is 10.0. The summed E-state index contributed by atoms with van der Waals surface area (Å²) in [5.41, 5.74) is 14.0. The van der Waals surface area contributed by atoms with Crippen molar-refractivity contribution in [3.05, 3.63) is 54.6 Å². The lowest BCUT2D eigenvalue weighted by atomic mass is 10.0. The van der Waals surface area contributed by atoms with Crippen molar-refractivity contribution in [3.8, 4) is 22.4 Å². The average molecular weight is 298 g/mol. The zero-order chi connectivity index (χ0) is 14.8. The fourth-order valence-electron chi connectivity index (χ4n) is 2.08. The molecule has 112 valence electrons. The van der Waals surface area contributed by atoms with E-state index in [4.69, 9.17) is 11.5 Å². The van der Waals surface area contributed by atoms with E-state index in [9.17, 15) is 4.39 Å². The van der Waals surface area contributed by atoms with Crippen LogP contribution in [0.3, 0.4) is 0 Å². The van der Waals surface area contributed by atoms with E-state index in [0.717, 1.165) is 5.56 Å². The highest BCUT2D eigenvalue weighted by molar-refractivity contribution is 5.81. The highest BCUT2D eigenvalue weighted by atomic mass is 19.1. The van der Waals surface area contributed by atoms with Gasteiger partial charge in [0.25, 0.3) is 0 Å². The molecule has 0 aliphatic rings. The Morgan fingerprint density at radius 2 is 1.77 bits per heavy atom. The zero-order valence-corrected chi connectivity index (χ0v) is 11.7. The monoisotopic (exact) mass is 298 g/mol. The number of benzene rings is 1. The lowest BCUT2D eigenvalue weighted by Gasteiger charge is -2.10. The quantitative estimate of drug-likeness (QED) is 0.667. The van der Waals surface area contributed by atoms with Crippen LogP contribution >= 0.6 is 0 Å². The summed E-state index contributed by atoms with van der Waals surface area (Å²) < 4.78 is 13.4. The standard InChI is InChI=1S/C15H12FN5.H3N/c16-11-3-1-2-10(6-11)14-12(8-20-15(18)21-14)9-4-5-19-13(17)7-9;/h1-8H,(H2,17,19)(H2,18,20,21);1H3. The van der Waals surface area contributed by atoms with Gasteiger partial charge < -0.3 is 17.6 Å². The molecule has 0 saturated heterocycles. The summed E-state index contributed by atoms with van der Waals surface area (Å²) in [6, 6.07) is 9.65. The lowest BCUT2D eigenvalue weighted by molar-refractivity contribution is 0.628. The first kappa shape index (κ1) is 15.3. The van der Waals surface area contributed by atoms with Gasteiger partial charge in [-0.2, -0.15) is 0 Å². The van der Waals surface area contributed by atoms with Crippen molar-refractivity contribution in [2.75, 3.05) is 11.5 Å². The van der Waals surface area contributed by atoms with E-state index in [2.05, 4.69) is 15.0 Å². The van der Waals surface area contributed by atoms with Gasteiger partial charge in [0.2, 0.25) is 5.95 Å². The third-order valence-electron chi connectivity index (χ3n) is 3.00. The molecular weight excluding hydrogens is 283 g/mol. The third kappa shape index (κ3) is 2.99. The molecule has 0 spiro atoms. The summed E-state index contributed by atoms with van der Waals surface area (Å²) in [4.78, 5) is 12.2. The molecule has 22 heavy (non-hydrogen) atoms. The second kappa shape index (κ2) is 6.15. The number of rotatable bonds is 2. The minimum Gasteiger partial charge on any atom is -0.384 e. The van der Waals surface area contributed by atoms with Crippen LogP contribution in [-0.2, 0) is 0 Å². The highest BCUT2D eigenvalue weighted by Gasteiger charge is 2.12. The van der Waals surface area contributed by atoms with Gasteiger partial charge in [0, 0.05) is 23.5 Å². The van der Waals surface area contributed by atoms with Crippen molar-refractivity contribution in [2.45, 2.75) is 0 Å². The molecule has 2 heterocycles. The van der Waals surface area contributed by atoms with Gasteiger partial charge in [-0.05, 0) is 29.8 Å². The van der Waals surface area contributed by atoms with Gasteiger partial charge in [0.05, 0.1) is 5.69 Å². The number of halogens is 1. The first-order valence-electron chi connectivity index (χ1n) is 6.24. The Labute approximate surface area is 126 Å². The summed E-state index contributed by atoms with van der Waals surface area (Å²) in [6.07, 6.45) is 3.19. The predicted octanol–water partition coefficient (Wildman–Crippen LogP) is 2.67. The van der Waals surface area contributed by atoms with Crippen LogP contribution < -0.4 is 17.6 Å². The molecule has 0 fully saturated rings. The summed E-state index contributed by atoms with van der Waals surface area (Å²) in [6.45, 7) is 0. The molecule has 0 atom stereocenters. The number of pyridine rings is 1. The molecule has 7 heteroatoms. The van der Waals surface area contributed by atoms with Gasteiger partial charge in [-0.1, -0.05) is 12.1 Å². The summed E-state index contributed by atoms with van der Waals surface area (Å²) in [5, 5.41) is 0. The van der Waals surface area contributed by atoms with Crippen LogP contribution in [0.25, 0.3) is 22.4 Å². The average Bonchev–Trinajstić information content (AvgIpc) is 2.47. The topological polar surface area (TPSA) is 126 Å². The molecule has 0 unspecified atom stereocenters. The largest absolute Gasteiger partial charge is 0.384 e. The number of nitrogen functional groups attached to an aromatic ring is 2. The van der Waals surface area contributed by atoms with Gasteiger partial charge in [-0.25, -0.2) is 19.3 Å². The summed E-state index contributed by atoms with van der Waals surface area (Å²) in [5.74, 6) is 0.166. The number of anilines is 2. The van der Waals surface area contributed by atoms with Crippen LogP contribution in [0, 0.1) is 5.82 Å². The van der Waals surface area contributed by atoms with Crippen LogP contribution in [0.4, 0.5) is 16.2 Å². The molecule has 3 aromatic rings. The Morgan fingerprint density at radius 3 is 2.50 bits per heavy atom. The first-order chi connectivity index (χ1) is 10.1. The Kier molecular flexibility index (Phi) is 4.28. The molecule has 0 radical (unpaired) electrons. The Morgan fingerprint density at radius 1 is 0.955 bits per heavy atom. The Balaban J connectivity index is 0.00000176. The summed E-state index contributed by atoms with van der Waals surface area (Å²) in [7, 11) is 0. The van der Waals surface area contributed by atoms with Gasteiger partial charge in [-0.15, -0.1) is 0 Å². The van der Waals surface area contributed by atoms with Crippen molar-refractivity contribution in [3.63, 3.8) is 0 Å². The smallest absolute Gasteiger partial charge is 0.220 e. The number of nitrogens with zero attached hydrogens (tertiary/aromatic N) is 3. The minimum atomic E-state index is -0.343. The number of nitrogens with two attached hydrogens (primary N) is 2. The van der Waals surface area contributed by atoms with Crippen molar-refractivity contribution >= 4 is 11.8 Å². The molecule has 0 aliphatic heterocycles. The molecule has 2 aromatic heterocycles. The molecule has 3 rings (SSSR count). The molecule has 6 nitrogen and oxygen atoms in total. The molecule has 1 aromatic carbocycles. The second-order valence-electron chi connectivity index (χ2n) is 4.47. The van der Waals surface area contributed by atoms with E-state index in [-0.39, 0.29) is 17.9 Å². The van der Waals surface area contributed by atoms with Crippen LogP contribution in [0.15, 0.2) is 48.8 Å². The van der Waals surface area contributed by atoms with Crippen LogP contribution in [0.5, 0.6) is 0 Å².